The number of nitrogens with zero attached hydrogens (tertiary/aromatic N) is 1. The van der Waals surface area contributed by atoms with Crippen LogP contribution < -0.4 is 5.32 Å². The van der Waals surface area contributed by atoms with Gasteiger partial charge < -0.3 is 10.4 Å². The topological polar surface area (TPSA) is 69.6 Å². The number of carboxylic acid groups (broad SMARTS) is 1. The van der Waals surface area contributed by atoms with E-state index in [2.05, 4.69) is 5.32 Å². The van der Waals surface area contributed by atoms with Crippen molar-refractivity contribution >= 4 is 11.9 Å². The molecule has 0 radical (unpaired) electrons. The first-order valence-electron chi connectivity index (χ1n) is 7.00. The van der Waals surface area contributed by atoms with E-state index in [9.17, 15) is 14.7 Å². The summed E-state index contributed by atoms with van der Waals surface area (Å²) >= 11 is 0. The molecular weight excluding hydrogens is 244 g/mol. The Balaban J connectivity index is 2.60. The molecule has 110 valence electrons. The highest BCUT2D eigenvalue weighted by molar-refractivity contribution is 5.77. The predicted octanol–water partition coefficient (Wildman–Crippen LogP) is 1.48. The Bertz CT molecular complexity index is 340. The highest BCUT2D eigenvalue weighted by Crippen LogP contribution is 2.35. The van der Waals surface area contributed by atoms with Crippen LogP contribution in [0.25, 0.3) is 0 Å². The number of carbonyl (C=O) groups excluding carboxylic acids is 1. The normalized spacial score (nSPS) is 23.3. The average Bonchev–Trinajstić information content (AvgIpc) is 2.23. The van der Waals surface area contributed by atoms with E-state index < -0.39 is 12.0 Å². The summed E-state index contributed by atoms with van der Waals surface area (Å²) in [5, 5.41) is 12.2. The van der Waals surface area contributed by atoms with Crippen LogP contribution in [-0.4, -0.2) is 47.1 Å². The molecule has 0 bridgehead atoms. The van der Waals surface area contributed by atoms with Crippen molar-refractivity contribution < 1.29 is 14.7 Å². The summed E-state index contributed by atoms with van der Waals surface area (Å²) in [4.78, 5) is 25.0. The van der Waals surface area contributed by atoms with Gasteiger partial charge in [0.2, 0.25) is 5.91 Å². The lowest BCUT2D eigenvalue weighted by Gasteiger charge is -2.44. The third-order valence-electron chi connectivity index (χ3n) is 3.68. The van der Waals surface area contributed by atoms with Crippen LogP contribution in [0, 0.1) is 5.41 Å². The van der Waals surface area contributed by atoms with Gasteiger partial charge in [-0.15, -0.1) is 0 Å². The summed E-state index contributed by atoms with van der Waals surface area (Å²) in [6.45, 7) is 9.09. The molecule has 0 aromatic heterocycles. The van der Waals surface area contributed by atoms with Crippen LogP contribution in [0.1, 0.15) is 47.0 Å². The van der Waals surface area contributed by atoms with Gasteiger partial charge >= 0.3 is 5.97 Å². The molecule has 1 aliphatic heterocycles. The third-order valence-corrected chi connectivity index (χ3v) is 3.68. The average molecular weight is 270 g/mol. The Morgan fingerprint density at radius 3 is 2.58 bits per heavy atom. The molecule has 2 N–H and O–H groups in total. The number of likely N-dealkylation sites (tertiary alicyclic amines) is 1. The zero-order valence-electron chi connectivity index (χ0n) is 12.4. The van der Waals surface area contributed by atoms with Crippen LogP contribution in [0.4, 0.5) is 0 Å². The molecule has 0 aromatic carbocycles. The molecule has 0 saturated carbocycles. The van der Waals surface area contributed by atoms with Crippen LogP contribution in [0.2, 0.25) is 0 Å². The minimum Gasteiger partial charge on any atom is -0.480 e. The first-order chi connectivity index (χ1) is 8.74. The molecule has 5 heteroatoms. The fraction of sp³-hybridized carbons (Fsp3) is 0.857. The van der Waals surface area contributed by atoms with Crippen molar-refractivity contribution in [2.24, 2.45) is 5.41 Å². The Morgan fingerprint density at radius 2 is 2.05 bits per heavy atom. The number of carboxylic acids is 1. The lowest BCUT2D eigenvalue weighted by Crippen LogP contribution is -2.54. The first-order valence-corrected chi connectivity index (χ1v) is 7.00. The zero-order chi connectivity index (χ0) is 14.6. The monoisotopic (exact) mass is 270 g/mol. The van der Waals surface area contributed by atoms with Crippen molar-refractivity contribution in [3.05, 3.63) is 0 Å². The molecule has 0 aliphatic carbocycles. The fourth-order valence-electron chi connectivity index (χ4n) is 2.87. The van der Waals surface area contributed by atoms with E-state index in [0.29, 0.717) is 13.0 Å². The lowest BCUT2D eigenvalue weighted by atomic mass is 9.76. The number of aliphatic carboxylic acids is 1. The molecule has 19 heavy (non-hydrogen) atoms. The molecule has 5 nitrogen and oxygen atoms in total. The second-order valence-corrected chi connectivity index (χ2v) is 6.34. The van der Waals surface area contributed by atoms with Gasteiger partial charge in [-0.1, -0.05) is 13.8 Å². The second-order valence-electron chi connectivity index (χ2n) is 6.34. The Kier molecular flexibility index (Phi) is 5.35. The molecular formula is C14H26N2O3. The summed E-state index contributed by atoms with van der Waals surface area (Å²) in [5.41, 5.74) is -0.237. The van der Waals surface area contributed by atoms with Crippen molar-refractivity contribution in [3.8, 4) is 0 Å². The number of amides is 1. The highest BCUT2D eigenvalue weighted by Gasteiger charge is 2.42. The molecule has 1 rings (SSSR count). The molecule has 1 heterocycles. The van der Waals surface area contributed by atoms with Crippen LogP contribution in [0.3, 0.4) is 0 Å². The van der Waals surface area contributed by atoms with Gasteiger partial charge in [0.05, 0.1) is 0 Å². The second kappa shape index (κ2) is 6.37. The summed E-state index contributed by atoms with van der Waals surface area (Å²) in [7, 11) is 0. The SMILES string of the molecule is CC(C)NC(=O)CCN1CCCC(C)(C)C1C(=O)O. The predicted molar refractivity (Wildman–Crippen MR) is 73.9 cm³/mol. The molecule has 1 atom stereocenters. The van der Waals surface area contributed by atoms with Gasteiger partial charge in [-0.05, 0) is 38.6 Å². The van der Waals surface area contributed by atoms with Gasteiger partial charge in [0.1, 0.15) is 6.04 Å². The van der Waals surface area contributed by atoms with E-state index in [1.54, 1.807) is 0 Å². The third kappa shape index (κ3) is 4.49. The van der Waals surface area contributed by atoms with E-state index in [-0.39, 0.29) is 17.4 Å². The number of nitrogens with one attached hydrogen (secondary N) is 1. The molecule has 1 saturated heterocycles. The summed E-state index contributed by atoms with van der Waals surface area (Å²) in [5.74, 6) is -0.795. The maximum absolute atomic E-state index is 11.6. The molecule has 0 aromatic rings. The van der Waals surface area contributed by atoms with E-state index in [4.69, 9.17) is 0 Å². The quantitative estimate of drug-likeness (QED) is 0.794. The van der Waals surface area contributed by atoms with E-state index in [0.717, 1.165) is 19.4 Å². The van der Waals surface area contributed by atoms with Gasteiger partial charge in [-0.2, -0.15) is 0 Å². The van der Waals surface area contributed by atoms with Crippen molar-refractivity contribution in [2.75, 3.05) is 13.1 Å². The van der Waals surface area contributed by atoms with Gasteiger partial charge in [0.25, 0.3) is 0 Å². The van der Waals surface area contributed by atoms with Crippen molar-refractivity contribution in [1.82, 2.24) is 10.2 Å². The number of carbonyl (C=O) groups is 2. The standard InChI is InChI=1S/C14H26N2O3/c1-10(2)15-11(17)6-9-16-8-5-7-14(3,4)12(16)13(18)19/h10,12H,5-9H2,1-4H3,(H,15,17)(H,18,19). The molecule has 1 amide bonds. The van der Waals surface area contributed by atoms with Gasteiger partial charge in [-0.3, -0.25) is 14.5 Å². The zero-order valence-corrected chi connectivity index (χ0v) is 12.4. The minimum absolute atomic E-state index is 0.0116. The first kappa shape index (κ1) is 16.0. The highest BCUT2D eigenvalue weighted by atomic mass is 16.4. The molecule has 1 unspecified atom stereocenters. The van der Waals surface area contributed by atoms with Crippen molar-refractivity contribution in [2.45, 2.75) is 59.0 Å². The van der Waals surface area contributed by atoms with E-state index >= 15 is 0 Å². The van der Waals surface area contributed by atoms with Gasteiger partial charge in [-0.25, -0.2) is 0 Å². The maximum Gasteiger partial charge on any atom is 0.321 e. The van der Waals surface area contributed by atoms with Crippen LogP contribution in [0.5, 0.6) is 0 Å². The number of piperidine rings is 1. The summed E-state index contributed by atoms with van der Waals surface area (Å²) in [6.07, 6.45) is 2.26. The van der Waals surface area contributed by atoms with Crippen LogP contribution in [0.15, 0.2) is 0 Å². The molecule has 1 fully saturated rings. The van der Waals surface area contributed by atoms with Crippen molar-refractivity contribution in [1.29, 1.82) is 0 Å². The Morgan fingerprint density at radius 1 is 1.42 bits per heavy atom. The summed E-state index contributed by atoms with van der Waals surface area (Å²) < 4.78 is 0. The smallest absolute Gasteiger partial charge is 0.321 e. The number of hydrogen-bond acceptors (Lipinski definition) is 3. The van der Waals surface area contributed by atoms with Crippen LogP contribution in [-0.2, 0) is 9.59 Å². The lowest BCUT2D eigenvalue weighted by molar-refractivity contribution is -0.151. The molecule has 1 aliphatic rings. The van der Waals surface area contributed by atoms with E-state index in [1.165, 1.54) is 0 Å². The van der Waals surface area contributed by atoms with Gasteiger partial charge in [0, 0.05) is 19.0 Å². The number of rotatable bonds is 5. The summed E-state index contributed by atoms with van der Waals surface area (Å²) in [6, 6.07) is -0.367. The molecule has 0 spiro atoms. The largest absolute Gasteiger partial charge is 0.480 e. The van der Waals surface area contributed by atoms with E-state index in [1.807, 2.05) is 32.6 Å². The fourth-order valence-corrected chi connectivity index (χ4v) is 2.87. The maximum atomic E-state index is 11.6. The Labute approximate surface area is 115 Å². The van der Waals surface area contributed by atoms with Crippen molar-refractivity contribution in [3.63, 3.8) is 0 Å². The Hall–Kier alpha value is -1.10. The number of hydrogen-bond donors (Lipinski definition) is 2. The van der Waals surface area contributed by atoms with Crippen LogP contribution >= 0.6 is 0 Å². The van der Waals surface area contributed by atoms with Gasteiger partial charge in [0.15, 0.2) is 0 Å². The minimum atomic E-state index is -0.783.